The van der Waals surface area contributed by atoms with Crippen molar-refractivity contribution >= 4 is 5.91 Å². The fourth-order valence-electron chi connectivity index (χ4n) is 3.07. The van der Waals surface area contributed by atoms with Crippen LogP contribution in [-0.2, 0) is 4.79 Å². The van der Waals surface area contributed by atoms with Gasteiger partial charge < -0.3 is 15.1 Å². The summed E-state index contributed by atoms with van der Waals surface area (Å²) in [6.07, 6.45) is 5.33. The average Bonchev–Trinajstić information content (AvgIpc) is 2.39. The highest BCUT2D eigenvalue weighted by Gasteiger charge is 2.32. The Labute approximate surface area is 116 Å². The van der Waals surface area contributed by atoms with Crippen LogP contribution in [-0.4, -0.2) is 46.3 Å². The minimum atomic E-state index is -0.841. The van der Waals surface area contributed by atoms with Crippen LogP contribution < -0.4 is 0 Å². The van der Waals surface area contributed by atoms with Crippen LogP contribution in [0.15, 0.2) is 0 Å². The van der Waals surface area contributed by atoms with Crippen LogP contribution in [0.1, 0.15) is 58.8 Å². The quantitative estimate of drug-likeness (QED) is 0.744. The standard InChI is InChI=1S/C15H29NO3/c1-3-7-15(19,8-4-2)10-14(18)16-9-5-6-13(11-16)12-17/h13,17,19H,3-12H2,1-2H3. The molecular formula is C15H29NO3. The van der Waals surface area contributed by atoms with Crippen LogP contribution in [0.25, 0.3) is 0 Å². The first-order valence-corrected chi connectivity index (χ1v) is 7.65. The van der Waals surface area contributed by atoms with Gasteiger partial charge in [-0.1, -0.05) is 26.7 Å². The maximum absolute atomic E-state index is 12.3. The van der Waals surface area contributed by atoms with E-state index >= 15 is 0 Å². The van der Waals surface area contributed by atoms with E-state index in [-0.39, 0.29) is 24.9 Å². The zero-order valence-corrected chi connectivity index (χ0v) is 12.4. The number of likely N-dealkylation sites (tertiary alicyclic amines) is 1. The third-order valence-electron chi connectivity index (χ3n) is 4.04. The van der Waals surface area contributed by atoms with Gasteiger partial charge in [0, 0.05) is 19.7 Å². The molecule has 112 valence electrons. The van der Waals surface area contributed by atoms with Crippen molar-refractivity contribution in [3.63, 3.8) is 0 Å². The Hall–Kier alpha value is -0.610. The van der Waals surface area contributed by atoms with Gasteiger partial charge in [0.1, 0.15) is 0 Å². The number of amides is 1. The molecule has 1 amide bonds. The van der Waals surface area contributed by atoms with Crippen molar-refractivity contribution in [1.29, 1.82) is 0 Å². The van der Waals surface area contributed by atoms with E-state index in [1.807, 2.05) is 18.7 Å². The van der Waals surface area contributed by atoms with Gasteiger partial charge in [-0.15, -0.1) is 0 Å². The predicted molar refractivity (Wildman–Crippen MR) is 75.8 cm³/mol. The van der Waals surface area contributed by atoms with Crippen molar-refractivity contribution in [1.82, 2.24) is 4.90 Å². The molecule has 1 unspecified atom stereocenters. The van der Waals surface area contributed by atoms with E-state index in [9.17, 15) is 15.0 Å². The second-order valence-electron chi connectivity index (χ2n) is 5.93. The number of piperidine rings is 1. The second kappa shape index (κ2) is 7.85. The summed E-state index contributed by atoms with van der Waals surface area (Å²) in [7, 11) is 0. The van der Waals surface area contributed by atoms with E-state index in [0.717, 1.165) is 32.2 Å². The SMILES string of the molecule is CCCC(O)(CCC)CC(=O)N1CCCC(CO)C1. The lowest BCUT2D eigenvalue weighted by molar-refractivity contribution is -0.139. The fourth-order valence-corrected chi connectivity index (χ4v) is 3.07. The van der Waals surface area contributed by atoms with Crippen molar-refractivity contribution < 1.29 is 15.0 Å². The van der Waals surface area contributed by atoms with Crippen molar-refractivity contribution in [3.8, 4) is 0 Å². The molecule has 0 aliphatic carbocycles. The summed E-state index contributed by atoms with van der Waals surface area (Å²) in [5, 5.41) is 19.7. The molecule has 1 aliphatic heterocycles. The molecule has 0 saturated carbocycles. The molecule has 0 radical (unpaired) electrons. The molecule has 0 spiro atoms. The molecule has 4 heteroatoms. The molecular weight excluding hydrogens is 242 g/mol. The van der Waals surface area contributed by atoms with E-state index in [1.54, 1.807) is 0 Å². The van der Waals surface area contributed by atoms with Crippen molar-refractivity contribution in [2.75, 3.05) is 19.7 Å². The van der Waals surface area contributed by atoms with Crippen molar-refractivity contribution in [2.45, 2.75) is 64.4 Å². The minimum absolute atomic E-state index is 0.0440. The summed E-state index contributed by atoms with van der Waals surface area (Å²) in [6.45, 7) is 5.63. The van der Waals surface area contributed by atoms with Crippen molar-refractivity contribution in [3.05, 3.63) is 0 Å². The molecule has 1 aliphatic rings. The molecule has 1 atom stereocenters. The van der Waals surface area contributed by atoms with Crippen LogP contribution in [0, 0.1) is 5.92 Å². The van der Waals surface area contributed by atoms with Crippen LogP contribution >= 0.6 is 0 Å². The molecule has 1 rings (SSSR count). The Bertz CT molecular complexity index is 275. The highest BCUT2D eigenvalue weighted by molar-refractivity contribution is 5.77. The zero-order valence-electron chi connectivity index (χ0n) is 12.4. The van der Waals surface area contributed by atoms with E-state index in [4.69, 9.17) is 0 Å². The van der Waals surface area contributed by atoms with Gasteiger partial charge in [0.05, 0.1) is 12.0 Å². The van der Waals surface area contributed by atoms with Gasteiger partial charge in [-0.2, -0.15) is 0 Å². The number of carbonyl (C=O) groups is 1. The number of carbonyl (C=O) groups excluding carboxylic acids is 1. The lowest BCUT2D eigenvalue weighted by Crippen LogP contribution is -2.44. The average molecular weight is 271 g/mol. The largest absolute Gasteiger partial charge is 0.396 e. The number of hydrogen-bond donors (Lipinski definition) is 2. The van der Waals surface area contributed by atoms with Crippen LogP contribution in [0.4, 0.5) is 0 Å². The summed E-state index contributed by atoms with van der Waals surface area (Å²) in [4.78, 5) is 14.1. The monoisotopic (exact) mass is 271 g/mol. The first-order chi connectivity index (χ1) is 9.04. The van der Waals surface area contributed by atoms with E-state index in [0.29, 0.717) is 19.4 Å². The third kappa shape index (κ3) is 5.11. The number of rotatable bonds is 7. The summed E-state index contributed by atoms with van der Waals surface area (Å²) >= 11 is 0. The summed E-state index contributed by atoms with van der Waals surface area (Å²) in [5.74, 6) is 0.255. The maximum Gasteiger partial charge on any atom is 0.225 e. The molecule has 1 heterocycles. The molecule has 2 N–H and O–H groups in total. The summed E-state index contributed by atoms with van der Waals surface area (Å²) in [5.41, 5.74) is -0.841. The predicted octanol–water partition coefficient (Wildman–Crippen LogP) is 1.94. The smallest absolute Gasteiger partial charge is 0.225 e. The lowest BCUT2D eigenvalue weighted by atomic mass is 9.88. The van der Waals surface area contributed by atoms with Gasteiger partial charge in [-0.3, -0.25) is 4.79 Å². The van der Waals surface area contributed by atoms with Crippen LogP contribution in [0.5, 0.6) is 0 Å². The Morgan fingerprint density at radius 2 is 1.95 bits per heavy atom. The maximum atomic E-state index is 12.3. The molecule has 1 fully saturated rings. The molecule has 19 heavy (non-hydrogen) atoms. The first-order valence-electron chi connectivity index (χ1n) is 7.65. The van der Waals surface area contributed by atoms with Gasteiger partial charge in [-0.25, -0.2) is 0 Å². The van der Waals surface area contributed by atoms with Gasteiger partial charge in [0.2, 0.25) is 5.91 Å². The molecule has 1 saturated heterocycles. The highest BCUT2D eigenvalue weighted by atomic mass is 16.3. The second-order valence-corrected chi connectivity index (χ2v) is 5.93. The first kappa shape index (κ1) is 16.4. The number of nitrogens with zero attached hydrogens (tertiary/aromatic N) is 1. The fraction of sp³-hybridized carbons (Fsp3) is 0.933. The Balaban J connectivity index is 2.55. The van der Waals surface area contributed by atoms with Gasteiger partial charge >= 0.3 is 0 Å². The molecule has 0 aromatic rings. The topological polar surface area (TPSA) is 60.8 Å². The highest BCUT2D eigenvalue weighted by Crippen LogP contribution is 2.26. The molecule has 0 aromatic carbocycles. The number of aliphatic hydroxyl groups excluding tert-OH is 1. The molecule has 0 bridgehead atoms. The van der Waals surface area contributed by atoms with Crippen LogP contribution in [0.3, 0.4) is 0 Å². The van der Waals surface area contributed by atoms with Gasteiger partial charge in [0.25, 0.3) is 0 Å². The van der Waals surface area contributed by atoms with E-state index in [2.05, 4.69) is 0 Å². The van der Waals surface area contributed by atoms with Crippen LogP contribution in [0.2, 0.25) is 0 Å². The lowest BCUT2D eigenvalue weighted by Gasteiger charge is -2.35. The number of aliphatic hydroxyl groups is 2. The van der Waals surface area contributed by atoms with E-state index < -0.39 is 5.60 Å². The third-order valence-corrected chi connectivity index (χ3v) is 4.04. The van der Waals surface area contributed by atoms with Gasteiger partial charge in [0.15, 0.2) is 0 Å². The zero-order chi connectivity index (χ0) is 14.3. The minimum Gasteiger partial charge on any atom is -0.396 e. The van der Waals surface area contributed by atoms with Crippen molar-refractivity contribution in [2.24, 2.45) is 5.92 Å². The Morgan fingerprint density at radius 1 is 1.32 bits per heavy atom. The van der Waals surface area contributed by atoms with E-state index in [1.165, 1.54) is 0 Å². The summed E-state index contributed by atoms with van der Waals surface area (Å²) in [6, 6.07) is 0. The molecule has 4 nitrogen and oxygen atoms in total. The normalized spacial score (nSPS) is 20.6. The number of hydrogen-bond acceptors (Lipinski definition) is 3. The Kier molecular flexibility index (Phi) is 6.80. The summed E-state index contributed by atoms with van der Waals surface area (Å²) < 4.78 is 0. The Morgan fingerprint density at radius 3 is 2.47 bits per heavy atom. The van der Waals surface area contributed by atoms with Gasteiger partial charge in [-0.05, 0) is 31.6 Å². The molecule has 0 aromatic heterocycles.